The van der Waals surface area contributed by atoms with Crippen LogP contribution >= 0.6 is 31.9 Å². The van der Waals surface area contributed by atoms with Gasteiger partial charge in [-0.25, -0.2) is 0 Å². The highest BCUT2D eigenvalue weighted by Crippen LogP contribution is 2.31. The van der Waals surface area contributed by atoms with E-state index in [-0.39, 0.29) is 0 Å². The summed E-state index contributed by atoms with van der Waals surface area (Å²) in [5, 5.41) is 20.9. The van der Waals surface area contributed by atoms with Gasteiger partial charge in [0, 0.05) is 0 Å². The van der Waals surface area contributed by atoms with Crippen LogP contribution in [0.4, 0.5) is 0 Å². The largest absolute Gasteiger partial charge is 0.336 e. The van der Waals surface area contributed by atoms with Crippen molar-refractivity contribution in [2.24, 2.45) is 0 Å². The third-order valence-electron chi connectivity index (χ3n) is 1.61. The van der Waals surface area contributed by atoms with E-state index in [4.69, 9.17) is 0 Å². The molecule has 16 heavy (non-hydrogen) atoms. The maximum atomic E-state index is 11.3. The maximum absolute atomic E-state index is 11.3. The van der Waals surface area contributed by atoms with Gasteiger partial charge in [0.25, 0.3) is 11.6 Å². The van der Waals surface area contributed by atoms with Crippen molar-refractivity contribution in [2.75, 3.05) is 0 Å². The number of hydrogen-bond acceptors (Lipinski definition) is 6. The van der Waals surface area contributed by atoms with Crippen molar-refractivity contribution in [1.82, 2.24) is 0 Å². The molecule has 1 rings (SSSR count). The molecule has 0 aromatic carbocycles. The Morgan fingerprint density at radius 1 is 0.812 bits per heavy atom. The van der Waals surface area contributed by atoms with Crippen molar-refractivity contribution in [2.45, 2.75) is 0 Å². The average Bonchev–Trinajstić information content (AvgIpc) is 2.14. The van der Waals surface area contributed by atoms with Crippen LogP contribution < -0.4 is 0 Å². The lowest BCUT2D eigenvalue weighted by atomic mass is 10.1. The smallest absolute Gasteiger partial charge is 0.281 e. The molecule has 0 radical (unpaired) electrons. The highest BCUT2D eigenvalue weighted by molar-refractivity contribution is 9.12. The zero-order valence-corrected chi connectivity index (χ0v) is 10.3. The van der Waals surface area contributed by atoms with Gasteiger partial charge in [0.05, 0.1) is 9.85 Å². The number of Topliss-reactive ketones (excluding diaryl/α,β-unsaturated/α-hetero) is 2. The highest BCUT2D eigenvalue weighted by Gasteiger charge is 2.45. The van der Waals surface area contributed by atoms with E-state index < -0.39 is 41.8 Å². The quantitative estimate of drug-likeness (QED) is 0.412. The molecule has 0 spiro atoms. The number of allylic oxidation sites excluding steroid dienone is 2. The topological polar surface area (TPSA) is 120 Å². The van der Waals surface area contributed by atoms with Crippen molar-refractivity contribution >= 4 is 43.4 Å². The van der Waals surface area contributed by atoms with Gasteiger partial charge in [0.1, 0.15) is 0 Å². The van der Waals surface area contributed by atoms with E-state index >= 15 is 0 Å². The lowest BCUT2D eigenvalue weighted by molar-refractivity contribution is -0.424. The number of halogens is 2. The van der Waals surface area contributed by atoms with Crippen molar-refractivity contribution in [1.29, 1.82) is 0 Å². The zero-order valence-electron chi connectivity index (χ0n) is 7.10. The molecule has 0 aromatic rings. The monoisotopic (exact) mass is 354 g/mol. The van der Waals surface area contributed by atoms with E-state index in [1.807, 2.05) is 0 Å². The Balaban J connectivity index is 3.49. The highest BCUT2D eigenvalue weighted by atomic mass is 79.9. The number of nitro groups is 2. The van der Waals surface area contributed by atoms with Gasteiger partial charge in [-0.2, -0.15) is 0 Å². The van der Waals surface area contributed by atoms with Crippen LogP contribution in [0.3, 0.4) is 0 Å². The number of carbonyl (C=O) groups excluding carboxylic acids is 2. The Hall–Kier alpha value is -1.42. The zero-order chi connectivity index (χ0) is 12.6. The Morgan fingerprint density at radius 2 is 1.06 bits per heavy atom. The van der Waals surface area contributed by atoms with Gasteiger partial charge in [-0.3, -0.25) is 29.8 Å². The third-order valence-corrected chi connectivity index (χ3v) is 3.08. The molecule has 0 N–H and O–H groups in total. The minimum absolute atomic E-state index is 0.725. The molecule has 0 bridgehead atoms. The van der Waals surface area contributed by atoms with E-state index in [1.165, 1.54) is 0 Å². The van der Waals surface area contributed by atoms with E-state index in [0.717, 1.165) is 0 Å². The van der Waals surface area contributed by atoms with Crippen LogP contribution in [0, 0.1) is 20.2 Å². The summed E-state index contributed by atoms with van der Waals surface area (Å²) < 4.78 is -1.45. The Morgan fingerprint density at radius 3 is 1.25 bits per heavy atom. The summed E-state index contributed by atoms with van der Waals surface area (Å²) in [5.74, 6) is -2.44. The van der Waals surface area contributed by atoms with Crippen molar-refractivity contribution < 1.29 is 19.4 Å². The molecule has 0 atom stereocenters. The minimum atomic E-state index is -1.22. The lowest BCUT2D eigenvalue weighted by Gasteiger charge is -2.06. The van der Waals surface area contributed by atoms with Crippen LogP contribution in [-0.2, 0) is 9.59 Å². The number of carbonyl (C=O) groups is 2. The van der Waals surface area contributed by atoms with Gasteiger partial charge in [-0.05, 0) is 31.9 Å². The lowest BCUT2D eigenvalue weighted by Crippen LogP contribution is -2.27. The van der Waals surface area contributed by atoms with Crippen LogP contribution in [0.25, 0.3) is 0 Å². The van der Waals surface area contributed by atoms with E-state index in [0.29, 0.717) is 0 Å². The van der Waals surface area contributed by atoms with Gasteiger partial charge in [-0.1, -0.05) is 0 Å². The van der Waals surface area contributed by atoms with Gasteiger partial charge in [-0.15, -0.1) is 0 Å². The molecule has 8 nitrogen and oxygen atoms in total. The summed E-state index contributed by atoms with van der Waals surface area (Å²) in [6.45, 7) is 0. The number of nitrogens with zero attached hydrogens (tertiary/aromatic N) is 2. The van der Waals surface area contributed by atoms with Gasteiger partial charge < -0.3 is 0 Å². The molecule has 0 saturated heterocycles. The average molecular weight is 356 g/mol. The Bertz CT molecular complexity index is 459. The van der Waals surface area contributed by atoms with Crippen LogP contribution in [-0.4, -0.2) is 21.4 Å². The first-order valence-electron chi connectivity index (χ1n) is 3.46. The second kappa shape index (κ2) is 4.22. The fraction of sp³-hybridized carbons (Fsp3) is 0. The summed E-state index contributed by atoms with van der Waals surface area (Å²) >= 11 is 5.01. The molecule has 10 heteroatoms. The second-order valence-corrected chi connectivity index (χ2v) is 4.08. The Kier molecular flexibility index (Phi) is 3.33. The van der Waals surface area contributed by atoms with Crippen LogP contribution in [0.15, 0.2) is 20.4 Å². The number of hydrogen-bond donors (Lipinski definition) is 0. The Labute approximate surface area is 104 Å². The first-order valence-corrected chi connectivity index (χ1v) is 5.05. The summed E-state index contributed by atoms with van der Waals surface area (Å²) in [4.78, 5) is 41.5. The molecule has 0 amide bonds. The van der Waals surface area contributed by atoms with Crippen molar-refractivity contribution in [3.8, 4) is 0 Å². The second-order valence-electron chi connectivity index (χ2n) is 2.50. The molecule has 1 aliphatic carbocycles. The fourth-order valence-corrected chi connectivity index (χ4v) is 1.97. The predicted molar refractivity (Wildman–Crippen MR) is 55.9 cm³/mol. The molecule has 0 unspecified atom stereocenters. The van der Waals surface area contributed by atoms with Gasteiger partial charge in [0.15, 0.2) is 8.96 Å². The van der Waals surface area contributed by atoms with Gasteiger partial charge in [0.2, 0.25) is 0 Å². The minimum Gasteiger partial charge on any atom is -0.281 e. The van der Waals surface area contributed by atoms with E-state index in [9.17, 15) is 29.8 Å². The fourth-order valence-electron chi connectivity index (χ4n) is 0.948. The van der Waals surface area contributed by atoms with Crippen LogP contribution in [0.5, 0.6) is 0 Å². The SMILES string of the molecule is O=C1C(Br)=C([N+](=O)[O-])C(=O)C(Br)=C1[N+](=O)[O-]. The number of rotatable bonds is 2. The standard InChI is InChI=1S/C6Br2N2O6/c7-1-3(9(13)14)6(12)2(8)4(5(1)11)10(15)16. The molecule has 0 fully saturated rings. The normalized spacial score (nSPS) is 16.9. The molecule has 84 valence electrons. The van der Waals surface area contributed by atoms with Gasteiger partial charge >= 0.3 is 11.4 Å². The van der Waals surface area contributed by atoms with E-state index in [2.05, 4.69) is 31.9 Å². The summed E-state index contributed by atoms with van der Waals surface area (Å²) in [7, 11) is 0. The van der Waals surface area contributed by atoms with Crippen LogP contribution in [0.1, 0.15) is 0 Å². The molecule has 0 heterocycles. The molecule has 0 aromatic heterocycles. The molecule has 0 saturated carbocycles. The van der Waals surface area contributed by atoms with Crippen molar-refractivity contribution in [3.05, 3.63) is 40.6 Å². The first-order chi connectivity index (χ1) is 7.29. The molecular weight excluding hydrogens is 356 g/mol. The molecule has 1 aliphatic rings. The number of ketones is 2. The van der Waals surface area contributed by atoms with Crippen molar-refractivity contribution in [3.63, 3.8) is 0 Å². The predicted octanol–water partition coefficient (Wildman–Crippen LogP) is 0.905. The van der Waals surface area contributed by atoms with E-state index in [1.54, 1.807) is 0 Å². The van der Waals surface area contributed by atoms with Crippen LogP contribution in [0.2, 0.25) is 0 Å². The summed E-state index contributed by atoms with van der Waals surface area (Å²) in [6.07, 6.45) is 0. The molecular formula is C6Br2N2O6. The first kappa shape index (κ1) is 12.6. The maximum Gasteiger partial charge on any atom is 0.336 e. The molecule has 0 aliphatic heterocycles. The third kappa shape index (κ3) is 1.80. The summed E-state index contributed by atoms with van der Waals surface area (Å²) in [6, 6.07) is 0. The summed E-state index contributed by atoms with van der Waals surface area (Å²) in [5.41, 5.74) is -2.05.